The number of carbonyl (C=O) groups is 1. The Balaban J connectivity index is 1.85. The van der Waals surface area contributed by atoms with Crippen LogP contribution in [0.5, 0.6) is 11.6 Å². The fourth-order valence-electron chi connectivity index (χ4n) is 2.28. The highest BCUT2D eigenvalue weighted by Crippen LogP contribution is 2.32. The maximum absolute atomic E-state index is 11.1. The van der Waals surface area contributed by atoms with Gasteiger partial charge in [-0.05, 0) is 43.3 Å². The first-order valence-corrected chi connectivity index (χ1v) is 7.77. The molecule has 1 aromatic heterocycles. The minimum Gasteiger partial charge on any atom is -0.437 e. The number of aromatic nitrogens is 2. The zero-order chi connectivity index (χ0) is 17.1. The first kappa shape index (κ1) is 16.1. The molecule has 3 aromatic rings. The molecule has 0 radical (unpaired) electrons. The van der Waals surface area contributed by atoms with Crippen molar-refractivity contribution in [2.75, 3.05) is 5.32 Å². The maximum Gasteiger partial charge on any atom is 0.245 e. The first-order valence-electron chi connectivity index (χ1n) is 7.39. The molecule has 0 aliphatic rings. The van der Waals surface area contributed by atoms with Gasteiger partial charge in [-0.2, -0.15) is 4.98 Å². The van der Waals surface area contributed by atoms with Crippen molar-refractivity contribution in [3.05, 3.63) is 59.4 Å². The van der Waals surface area contributed by atoms with E-state index in [-0.39, 0.29) is 5.91 Å². The van der Waals surface area contributed by atoms with Crippen LogP contribution in [0.25, 0.3) is 11.3 Å². The lowest BCUT2D eigenvalue weighted by Gasteiger charge is -2.07. The molecule has 0 spiro atoms. The van der Waals surface area contributed by atoms with Crippen molar-refractivity contribution in [1.29, 1.82) is 0 Å². The van der Waals surface area contributed by atoms with Crippen LogP contribution in [0.4, 0.5) is 5.69 Å². The van der Waals surface area contributed by atoms with Gasteiger partial charge in [0.2, 0.25) is 11.8 Å². The van der Waals surface area contributed by atoms with Gasteiger partial charge in [-0.15, -0.1) is 0 Å². The molecule has 0 unspecified atom stereocenters. The number of ether oxygens (including phenoxy) is 1. The summed E-state index contributed by atoms with van der Waals surface area (Å²) in [5.74, 6) is 1.76. The third-order valence-corrected chi connectivity index (χ3v) is 3.56. The lowest BCUT2D eigenvalue weighted by molar-refractivity contribution is -0.114. The summed E-state index contributed by atoms with van der Waals surface area (Å²) in [6, 6.07) is 14.6. The molecule has 0 bridgehead atoms. The van der Waals surface area contributed by atoms with Crippen molar-refractivity contribution in [2.45, 2.75) is 13.8 Å². The van der Waals surface area contributed by atoms with E-state index in [0.29, 0.717) is 22.3 Å². The van der Waals surface area contributed by atoms with Crippen LogP contribution in [0.1, 0.15) is 12.7 Å². The largest absolute Gasteiger partial charge is 0.437 e. The number of carbonyl (C=O) groups excluding carboxylic acids is 1. The SMILES string of the molecule is CC(=O)Nc1ccc(Oc2nc(C)[nH]c2-c2ccc(Cl)cc2)cc1. The van der Waals surface area contributed by atoms with Gasteiger partial charge in [0.05, 0.1) is 0 Å². The summed E-state index contributed by atoms with van der Waals surface area (Å²) in [4.78, 5) is 18.6. The van der Waals surface area contributed by atoms with Crippen molar-refractivity contribution in [3.63, 3.8) is 0 Å². The van der Waals surface area contributed by atoms with Gasteiger partial charge in [-0.1, -0.05) is 23.7 Å². The Hall–Kier alpha value is -2.79. The highest BCUT2D eigenvalue weighted by molar-refractivity contribution is 6.30. The second-order valence-electron chi connectivity index (χ2n) is 5.32. The van der Waals surface area contributed by atoms with Crippen molar-refractivity contribution >= 4 is 23.2 Å². The van der Waals surface area contributed by atoms with E-state index in [0.717, 1.165) is 17.1 Å². The van der Waals surface area contributed by atoms with Crippen LogP contribution in [0.2, 0.25) is 5.02 Å². The molecular formula is C18H16ClN3O2. The molecule has 3 rings (SSSR count). The van der Waals surface area contributed by atoms with Gasteiger partial charge in [-0.3, -0.25) is 4.79 Å². The van der Waals surface area contributed by atoms with E-state index in [1.165, 1.54) is 6.92 Å². The molecule has 5 nitrogen and oxygen atoms in total. The van der Waals surface area contributed by atoms with Crippen LogP contribution < -0.4 is 10.1 Å². The Morgan fingerprint density at radius 1 is 1.12 bits per heavy atom. The first-order chi connectivity index (χ1) is 11.5. The fourth-order valence-corrected chi connectivity index (χ4v) is 2.40. The smallest absolute Gasteiger partial charge is 0.245 e. The van der Waals surface area contributed by atoms with Crippen molar-refractivity contribution in [2.24, 2.45) is 0 Å². The Bertz CT molecular complexity index is 855. The van der Waals surface area contributed by atoms with E-state index >= 15 is 0 Å². The number of aryl methyl sites for hydroxylation is 1. The molecule has 1 heterocycles. The van der Waals surface area contributed by atoms with Crippen LogP contribution in [0.3, 0.4) is 0 Å². The summed E-state index contributed by atoms with van der Waals surface area (Å²) >= 11 is 5.94. The Kier molecular flexibility index (Phi) is 4.53. The number of imidazole rings is 1. The summed E-state index contributed by atoms with van der Waals surface area (Å²) in [7, 11) is 0. The topological polar surface area (TPSA) is 67.0 Å². The quantitative estimate of drug-likeness (QED) is 0.717. The van der Waals surface area contributed by atoms with Gasteiger partial charge in [0.25, 0.3) is 0 Å². The zero-order valence-electron chi connectivity index (χ0n) is 13.3. The van der Waals surface area contributed by atoms with E-state index in [2.05, 4.69) is 15.3 Å². The molecular weight excluding hydrogens is 326 g/mol. The summed E-state index contributed by atoms with van der Waals surface area (Å²) in [6.45, 7) is 3.33. The molecule has 0 aliphatic carbocycles. The molecule has 0 saturated heterocycles. The maximum atomic E-state index is 11.1. The van der Waals surface area contributed by atoms with Gasteiger partial charge in [0.1, 0.15) is 17.3 Å². The summed E-state index contributed by atoms with van der Waals surface area (Å²) < 4.78 is 5.89. The second kappa shape index (κ2) is 6.76. The number of anilines is 1. The average molecular weight is 342 g/mol. The molecule has 0 atom stereocenters. The molecule has 2 N–H and O–H groups in total. The number of H-pyrrole nitrogens is 1. The van der Waals surface area contributed by atoms with Gasteiger partial charge in [-0.25, -0.2) is 0 Å². The minimum atomic E-state index is -0.114. The number of hydrogen-bond donors (Lipinski definition) is 2. The van der Waals surface area contributed by atoms with E-state index in [4.69, 9.17) is 16.3 Å². The van der Waals surface area contributed by atoms with E-state index in [1.54, 1.807) is 24.3 Å². The Morgan fingerprint density at radius 3 is 2.42 bits per heavy atom. The van der Waals surface area contributed by atoms with Gasteiger partial charge in [0, 0.05) is 23.2 Å². The van der Waals surface area contributed by atoms with Gasteiger partial charge >= 0.3 is 0 Å². The molecule has 24 heavy (non-hydrogen) atoms. The molecule has 0 saturated carbocycles. The van der Waals surface area contributed by atoms with Crippen LogP contribution in [0.15, 0.2) is 48.5 Å². The van der Waals surface area contributed by atoms with Crippen molar-refractivity contribution < 1.29 is 9.53 Å². The Labute approximate surface area is 144 Å². The highest BCUT2D eigenvalue weighted by atomic mass is 35.5. The molecule has 122 valence electrons. The van der Waals surface area contributed by atoms with Crippen LogP contribution in [-0.2, 0) is 4.79 Å². The lowest BCUT2D eigenvalue weighted by Crippen LogP contribution is -2.05. The number of rotatable bonds is 4. The molecule has 6 heteroatoms. The summed E-state index contributed by atoms with van der Waals surface area (Å²) in [6.07, 6.45) is 0. The lowest BCUT2D eigenvalue weighted by atomic mass is 10.2. The number of benzene rings is 2. The number of hydrogen-bond acceptors (Lipinski definition) is 3. The normalized spacial score (nSPS) is 10.5. The van der Waals surface area contributed by atoms with E-state index in [9.17, 15) is 4.79 Å². The molecule has 0 fully saturated rings. The Morgan fingerprint density at radius 2 is 1.79 bits per heavy atom. The third kappa shape index (κ3) is 3.75. The number of nitrogens with one attached hydrogen (secondary N) is 2. The number of halogens is 1. The summed E-state index contributed by atoms with van der Waals surface area (Å²) in [5, 5.41) is 3.39. The number of amides is 1. The monoisotopic (exact) mass is 341 g/mol. The standard InChI is InChI=1S/C18H16ClN3O2/c1-11-20-17(13-3-5-14(19)6-4-13)18(21-11)24-16-9-7-15(8-10-16)22-12(2)23/h3-10H,1-2H3,(H,20,21)(H,22,23). The third-order valence-electron chi connectivity index (χ3n) is 3.31. The van der Waals surface area contributed by atoms with Crippen molar-refractivity contribution in [1.82, 2.24) is 9.97 Å². The highest BCUT2D eigenvalue weighted by Gasteiger charge is 2.13. The van der Waals surface area contributed by atoms with E-state index in [1.807, 2.05) is 31.2 Å². The molecule has 1 amide bonds. The summed E-state index contributed by atoms with van der Waals surface area (Å²) in [5.41, 5.74) is 2.44. The molecule has 2 aromatic carbocycles. The van der Waals surface area contributed by atoms with Crippen LogP contribution in [0, 0.1) is 6.92 Å². The molecule has 0 aliphatic heterocycles. The zero-order valence-corrected chi connectivity index (χ0v) is 14.0. The van der Waals surface area contributed by atoms with Gasteiger partial charge in [0.15, 0.2) is 0 Å². The van der Waals surface area contributed by atoms with Crippen LogP contribution in [-0.4, -0.2) is 15.9 Å². The second-order valence-corrected chi connectivity index (χ2v) is 5.75. The van der Waals surface area contributed by atoms with Crippen LogP contribution >= 0.6 is 11.6 Å². The van der Waals surface area contributed by atoms with Crippen molar-refractivity contribution in [3.8, 4) is 22.9 Å². The average Bonchev–Trinajstić information content (AvgIpc) is 2.90. The minimum absolute atomic E-state index is 0.114. The number of nitrogens with zero attached hydrogens (tertiary/aromatic N) is 1. The van der Waals surface area contributed by atoms with Gasteiger partial charge < -0.3 is 15.0 Å². The predicted octanol–water partition coefficient (Wildman–Crippen LogP) is 4.79. The van der Waals surface area contributed by atoms with E-state index < -0.39 is 0 Å². The fraction of sp³-hybridized carbons (Fsp3) is 0.111. The predicted molar refractivity (Wildman–Crippen MR) is 94.6 cm³/mol. The number of aromatic amines is 1.